The molecule has 0 aromatic heterocycles. The van der Waals surface area contributed by atoms with Gasteiger partial charge in [-0.25, -0.2) is 4.39 Å². The zero-order valence-electron chi connectivity index (χ0n) is 5.63. The first-order valence-electron chi connectivity index (χ1n) is 2.97. The number of hydrogen-bond donors (Lipinski definition) is 1. The van der Waals surface area contributed by atoms with E-state index in [0.717, 1.165) is 13.0 Å². The van der Waals surface area contributed by atoms with Gasteiger partial charge in [0.1, 0.15) is 5.82 Å². The first kappa shape index (κ1) is 7.28. The van der Waals surface area contributed by atoms with Gasteiger partial charge in [-0.1, -0.05) is 11.6 Å². The summed E-state index contributed by atoms with van der Waals surface area (Å²) in [5, 5.41) is 8.55. The zero-order valence-corrected chi connectivity index (χ0v) is 5.63. The van der Waals surface area contributed by atoms with Crippen LogP contribution in [0.5, 0.6) is 0 Å². The summed E-state index contributed by atoms with van der Waals surface area (Å²) < 4.78 is 12.4. The van der Waals surface area contributed by atoms with Crippen molar-refractivity contribution in [1.82, 2.24) is 0 Å². The number of halogens is 1. The molecule has 3 heteroatoms. The minimum absolute atomic E-state index is 0.328. The normalized spacial score (nSPS) is 9.50. The van der Waals surface area contributed by atoms with Crippen LogP contribution in [-0.2, 0) is 0 Å². The number of aryl methyl sites for hydroxylation is 1. The Morgan fingerprint density at radius 1 is 1.50 bits per heavy atom. The van der Waals surface area contributed by atoms with E-state index >= 15 is 0 Å². The second-order valence-electron chi connectivity index (χ2n) is 2.13. The largest absolute Gasteiger partial charge is 0.450 e. The molecule has 1 radical (unpaired) electrons. The minimum Gasteiger partial charge on any atom is -0.450 e. The summed E-state index contributed by atoms with van der Waals surface area (Å²) in [6.45, 7) is 1.81. The van der Waals surface area contributed by atoms with Crippen LogP contribution < -0.4 is 5.46 Å². The number of hydrogen-bond acceptors (Lipinski definition) is 1. The summed E-state index contributed by atoms with van der Waals surface area (Å²) in [6.07, 6.45) is 0. The van der Waals surface area contributed by atoms with Gasteiger partial charge in [0.25, 0.3) is 0 Å². The van der Waals surface area contributed by atoms with E-state index in [2.05, 4.69) is 0 Å². The Kier molecular flexibility index (Phi) is 2.07. The Morgan fingerprint density at radius 2 is 2.20 bits per heavy atom. The lowest BCUT2D eigenvalue weighted by Gasteiger charge is -1.98. The lowest BCUT2D eigenvalue weighted by atomic mass is 9.85. The summed E-state index contributed by atoms with van der Waals surface area (Å²) in [5.74, 6) is -0.328. The highest BCUT2D eigenvalue weighted by atomic mass is 19.1. The van der Waals surface area contributed by atoms with Gasteiger partial charge in [0.15, 0.2) is 0 Å². The average molecular weight is 137 g/mol. The molecule has 0 fully saturated rings. The Morgan fingerprint density at radius 3 is 2.70 bits per heavy atom. The summed E-state index contributed by atoms with van der Waals surface area (Å²) >= 11 is 0. The molecule has 10 heavy (non-hydrogen) atoms. The van der Waals surface area contributed by atoms with E-state index in [4.69, 9.17) is 5.02 Å². The first-order chi connectivity index (χ1) is 4.74. The molecule has 51 valence electrons. The van der Waals surface area contributed by atoms with Crippen LogP contribution >= 0.6 is 0 Å². The fourth-order valence-electron chi connectivity index (χ4n) is 0.750. The topological polar surface area (TPSA) is 20.2 Å². The van der Waals surface area contributed by atoms with Gasteiger partial charge in [-0.2, -0.15) is 0 Å². The molecule has 0 unspecified atom stereocenters. The highest BCUT2D eigenvalue weighted by Crippen LogP contribution is 1.97. The molecule has 1 N–H and O–H groups in total. The van der Waals surface area contributed by atoms with Crippen molar-refractivity contribution in [2.24, 2.45) is 0 Å². The van der Waals surface area contributed by atoms with Gasteiger partial charge < -0.3 is 5.02 Å². The molecule has 0 atom stereocenters. The van der Waals surface area contributed by atoms with Crippen LogP contribution in [0.3, 0.4) is 0 Å². The molecule has 1 nitrogen and oxygen atoms in total. The molecule has 0 bridgehead atoms. The van der Waals surface area contributed by atoms with Gasteiger partial charge in [-0.3, -0.25) is 0 Å². The molecule has 1 rings (SSSR count). The summed E-state index contributed by atoms with van der Waals surface area (Å²) in [4.78, 5) is 0. The van der Waals surface area contributed by atoms with E-state index in [1.807, 2.05) is 6.92 Å². The maximum Gasteiger partial charge on any atom is 0.327 e. The van der Waals surface area contributed by atoms with Crippen LogP contribution in [0.1, 0.15) is 5.56 Å². The maximum absolute atomic E-state index is 12.4. The van der Waals surface area contributed by atoms with Crippen LogP contribution in [0.2, 0.25) is 0 Å². The Labute approximate surface area is 59.8 Å². The van der Waals surface area contributed by atoms with E-state index in [1.54, 1.807) is 6.07 Å². The third-order valence-electron chi connectivity index (χ3n) is 1.38. The predicted octanol–water partition coefficient (Wildman–Crippen LogP) is 0.371. The zero-order chi connectivity index (χ0) is 7.56. The van der Waals surface area contributed by atoms with Crippen molar-refractivity contribution in [2.45, 2.75) is 6.92 Å². The summed E-state index contributed by atoms with van der Waals surface area (Å²) in [6, 6.07) is 4.27. The van der Waals surface area contributed by atoms with Gasteiger partial charge in [-0.15, -0.1) is 0 Å². The van der Waals surface area contributed by atoms with Gasteiger partial charge in [0.05, 0.1) is 0 Å². The summed E-state index contributed by atoms with van der Waals surface area (Å²) in [5.41, 5.74) is 1.39. The smallest absolute Gasteiger partial charge is 0.327 e. The van der Waals surface area contributed by atoms with E-state index < -0.39 is 0 Å². The number of benzene rings is 1. The monoisotopic (exact) mass is 137 g/mol. The average Bonchev–Trinajstić information content (AvgIpc) is 1.94. The minimum atomic E-state index is -0.328. The molecule has 0 aliphatic rings. The molecule has 0 aliphatic carbocycles. The predicted molar refractivity (Wildman–Crippen MR) is 38.7 cm³/mol. The molecule has 0 spiro atoms. The molecular formula is C7H7BFO. The van der Waals surface area contributed by atoms with Crippen molar-refractivity contribution in [2.75, 3.05) is 0 Å². The van der Waals surface area contributed by atoms with Crippen LogP contribution in [0, 0.1) is 12.7 Å². The fourth-order valence-corrected chi connectivity index (χ4v) is 0.750. The molecule has 1 aromatic carbocycles. The fraction of sp³-hybridized carbons (Fsp3) is 0.143. The third kappa shape index (κ3) is 1.36. The molecule has 0 amide bonds. The molecule has 1 aromatic rings. The van der Waals surface area contributed by atoms with Crippen molar-refractivity contribution in [1.29, 1.82) is 0 Å². The van der Waals surface area contributed by atoms with Crippen molar-refractivity contribution >= 4 is 12.9 Å². The van der Waals surface area contributed by atoms with Crippen LogP contribution in [0.4, 0.5) is 4.39 Å². The second kappa shape index (κ2) is 2.84. The Bertz CT molecular complexity index is 237. The Hall–Kier alpha value is -0.825. The molecule has 0 aliphatic heterocycles. The molecular weight excluding hydrogens is 130 g/mol. The van der Waals surface area contributed by atoms with Crippen LogP contribution in [0.25, 0.3) is 0 Å². The van der Waals surface area contributed by atoms with Crippen molar-refractivity contribution in [3.8, 4) is 0 Å². The van der Waals surface area contributed by atoms with Crippen LogP contribution in [0.15, 0.2) is 18.2 Å². The SMILES string of the molecule is Cc1ccc(F)cc1[B]O. The van der Waals surface area contributed by atoms with Gasteiger partial charge in [0, 0.05) is 0 Å². The Balaban J connectivity index is 3.09. The van der Waals surface area contributed by atoms with Gasteiger partial charge >= 0.3 is 7.48 Å². The highest BCUT2D eigenvalue weighted by Gasteiger charge is 1.98. The van der Waals surface area contributed by atoms with Crippen LogP contribution in [-0.4, -0.2) is 12.5 Å². The molecule has 0 saturated heterocycles. The van der Waals surface area contributed by atoms with E-state index in [-0.39, 0.29) is 5.82 Å². The van der Waals surface area contributed by atoms with Crippen molar-refractivity contribution in [3.05, 3.63) is 29.6 Å². The molecule has 0 heterocycles. The second-order valence-corrected chi connectivity index (χ2v) is 2.13. The first-order valence-corrected chi connectivity index (χ1v) is 2.97. The molecule has 0 saturated carbocycles. The van der Waals surface area contributed by atoms with Crippen molar-refractivity contribution < 1.29 is 9.41 Å². The lowest BCUT2D eigenvalue weighted by Crippen LogP contribution is -2.17. The van der Waals surface area contributed by atoms with Gasteiger partial charge in [-0.05, 0) is 24.5 Å². The maximum atomic E-state index is 12.4. The number of rotatable bonds is 1. The van der Waals surface area contributed by atoms with E-state index in [1.165, 1.54) is 12.1 Å². The highest BCUT2D eigenvalue weighted by molar-refractivity contribution is 6.46. The summed E-state index contributed by atoms with van der Waals surface area (Å²) in [7, 11) is 0.901. The van der Waals surface area contributed by atoms with E-state index in [9.17, 15) is 4.39 Å². The van der Waals surface area contributed by atoms with Gasteiger partial charge in [0.2, 0.25) is 0 Å². The third-order valence-corrected chi connectivity index (χ3v) is 1.38. The van der Waals surface area contributed by atoms with Crippen molar-refractivity contribution in [3.63, 3.8) is 0 Å². The lowest BCUT2D eigenvalue weighted by molar-refractivity contribution is 0.611. The quantitative estimate of drug-likeness (QED) is 0.554. The standard InChI is InChI=1S/C7H7BFO/c1-5-2-3-6(9)4-7(5)8-10/h2-4,10H,1H3. The van der Waals surface area contributed by atoms with E-state index in [0.29, 0.717) is 5.46 Å².